The van der Waals surface area contributed by atoms with E-state index in [0.717, 1.165) is 6.92 Å². The van der Waals surface area contributed by atoms with Crippen molar-refractivity contribution in [1.29, 1.82) is 0 Å². The van der Waals surface area contributed by atoms with Crippen molar-refractivity contribution in [1.82, 2.24) is 0 Å². The number of alkyl halides is 1. The van der Waals surface area contributed by atoms with Crippen molar-refractivity contribution >= 4 is 0 Å². The van der Waals surface area contributed by atoms with Gasteiger partial charge in [-0.05, 0) is 12.8 Å². The summed E-state index contributed by atoms with van der Waals surface area (Å²) in [4.78, 5) is 0. The van der Waals surface area contributed by atoms with Gasteiger partial charge in [0, 0.05) is 0 Å². The van der Waals surface area contributed by atoms with Gasteiger partial charge >= 0.3 is 0 Å². The van der Waals surface area contributed by atoms with Gasteiger partial charge in [-0.15, -0.1) is 0 Å². The topological polar surface area (TPSA) is 69.9 Å². The molecule has 1 rings (SSSR count). The van der Waals surface area contributed by atoms with Crippen molar-refractivity contribution in [2.75, 3.05) is 6.61 Å². The summed E-state index contributed by atoms with van der Waals surface area (Å²) in [7, 11) is 0. The van der Waals surface area contributed by atoms with E-state index in [1.807, 2.05) is 0 Å². The Morgan fingerprint density at radius 2 is 1.93 bits per heavy atom. The monoisotopic (exact) mass is 222 g/mol. The van der Waals surface area contributed by atoms with Gasteiger partial charge in [-0.3, -0.25) is 0 Å². The molecule has 90 valence electrons. The third kappa shape index (κ3) is 2.15. The van der Waals surface area contributed by atoms with Crippen LogP contribution in [0, 0.1) is 5.92 Å². The minimum absolute atomic E-state index is 0.0557. The quantitative estimate of drug-likeness (QED) is 0.608. The normalized spacial score (nSPS) is 47.2. The lowest BCUT2D eigenvalue weighted by atomic mass is 9.82. The van der Waals surface area contributed by atoms with Crippen molar-refractivity contribution < 1.29 is 24.4 Å². The van der Waals surface area contributed by atoms with Gasteiger partial charge in [0.15, 0.2) is 5.67 Å². The molecule has 0 aromatic carbocycles. The van der Waals surface area contributed by atoms with Crippen molar-refractivity contribution in [3.05, 3.63) is 0 Å². The summed E-state index contributed by atoms with van der Waals surface area (Å²) in [6.07, 6.45) is -4.54. The molecule has 4 nitrogen and oxygen atoms in total. The van der Waals surface area contributed by atoms with E-state index in [1.54, 1.807) is 13.8 Å². The minimum atomic E-state index is -2.13. The largest absolute Gasteiger partial charge is 0.394 e. The number of hydrogen-bond donors (Lipinski definition) is 3. The van der Waals surface area contributed by atoms with E-state index in [1.165, 1.54) is 0 Å². The molecule has 2 unspecified atom stereocenters. The zero-order valence-corrected chi connectivity index (χ0v) is 9.22. The molecule has 5 heteroatoms. The van der Waals surface area contributed by atoms with Gasteiger partial charge in [-0.2, -0.15) is 0 Å². The SMILES string of the molecule is CC(C)C1O[C@H](CO)C(C)(F)[C@H](O)[C@H]1O. The molecular formula is C10H19FO4. The molecule has 5 atom stereocenters. The first kappa shape index (κ1) is 12.8. The maximum absolute atomic E-state index is 13.9. The van der Waals surface area contributed by atoms with Crippen LogP contribution < -0.4 is 0 Å². The van der Waals surface area contributed by atoms with Crippen molar-refractivity contribution in [2.45, 2.75) is 50.9 Å². The lowest BCUT2D eigenvalue weighted by molar-refractivity contribution is -0.254. The fraction of sp³-hybridized carbons (Fsp3) is 1.00. The second-order valence-corrected chi connectivity index (χ2v) is 4.60. The van der Waals surface area contributed by atoms with Crippen LogP contribution in [0.4, 0.5) is 4.39 Å². The molecule has 0 spiro atoms. The number of halogens is 1. The van der Waals surface area contributed by atoms with Crippen molar-refractivity contribution in [3.8, 4) is 0 Å². The molecule has 1 saturated heterocycles. The summed E-state index contributed by atoms with van der Waals surface area (Å²) >= 11 is 0. The summed E-state index contributed by atoms with van der Waals surface area (Å²) in [5.41, 5.74) is -2.13. The number of hydrogen-bond acceptors (Lipinski definition) is 4. The molecule has 0 bridgehead atoms. The number of ether oxygens (including phenoxy) is 1. The fourth-order valence-electron chi connectivity index (χ4n) is 1.88. The molecule has 1 fully saturated rings. The lowest BCUT2D eigenvalue weighted by Crippen LogP contribution is -2.64. The molecule has 0 saturated carbocycles. The first-order valence-electron chi connectivity index (χ1n) is 5.13. The van der Waals surface area contributed by atoms with E-state index >= 15 is 0 Å². The Morgan fingerprint density at radius 3 is 2.33 bits per heavy atom. The van der Waals surface area contributed by atoms with Crippen LogP contribution in [0.1, 0.15) is 20.8 Å². The Bertz CT molecular complexity index is 213. The molecule has 1 heterocycles. The van der Waals surface area contributed by atoms with E-state index in [0.29, 0.717) is 0 Å². The molecule has 0 amide bonds. The van der Waals surface area contributed by atoms with Gasteiger partial charge < -0.3 is 20.1 Å². The van der Waals surface area contributed by atoms with Crippen LogP contribution in [0.2, 0.25) is 0 Å². The fourth-order valence-corrected chi connectivity index (χ4v) is 1.88. The zero-order valence-electron chi connectivity index (χ0n) is 9.22. The predicted octanol–water partition coefficient (Wildman–Crippen LogP) is -0.148. The van der Waals surface area contributed by atoms with Crippen LogP contribution in [0.5, 0.6) is 0 Å². The summed E-state index contributed by atoms with van der Waals surface area (Å²) in [6, 6.07) is 0. The van der Waals surface area contributed by atoms with Gasteiger partial charge in [0.25, 0.3) is 0 Å². The molecule has 1 aliphatic heterocycles. The van der Waals surface area contributed by atoms with Gasteiger partial charge in [0.05, 0.1) is 12.7 Å². The summed E-state index contributed by atoms with van der Waals surface area (Å²) < 4.78 is 19.2. The van der Waals surface area contributed by atoms with Crippen LogP contribution in [0.25, 0.3) is 0 Å². The standard InChI is InChI=1S/C10H19FO4/c1-5(2)8-7(13)9(14)10(3,11)6(4-12)15-8/h5-9,12-14H,4H2,1-3H3/t6-,7+,8?,9-,10?/m1/s1. The highest BCUT2D eigenvalue weighted by molar-refractivity contribution is 5.01. The summed E-state index contributed by atoms with van der Waals surface area (Å²) in [6.45, 7) is 4.21. The van der Waals surface area contributed by atoms with E-state index in [9.17, 15) is 14.6 Å². The van der Waals surface area contributed by atoms with E-state index in [-0.39, 0.29) is 5.92 Å². The second kappa shape index (κ2) is 4.33. The molecule has 3 N–H and O–H groups in total. The van der Waals surface area contributed by atoms with E-state index < -0.39 is 36.7 Å². The van der Waals surface area contributed by atoms with E-state index in [4.69, 9.17) is 9.84 Å². The van der Waals surface area contributed by atoms with Gasteiger partial charge in [0.2, 0.25) is 0 Å². The first-order valence-corrected chi connectivity index (χ1v) is 5.13. The second-order valence-electron chi connectivity index (χ2n) is 4.60. The molecule has 0 aromatic rings. The summed E-state index contributed by atoms with van der Waals surface area (Å²) in [5.74, 6) is -0.0557. The van der Waals surface area contributed by atoms with Crippen LogP contribution >= 0.6 is 0 Å². The number of aliphatic hydroxyl groups is 3. The average Bonchev–Trinajstić information content (AvgIpc) is 2.14. The van der Waals surface area contributed by atoms with Crippen LogP contribution in [-0.4, -0.2) is 52.0 Å². The average molecular weight is 222 g/mol. The molecule has 0 aliphatic carbocycles. The van der Waals surface area contributed by atoms with Crippen molar-refractivity contribution in [2.24, 2.45) is 5.92 Å². The van der Waals surface area contributed by atoms with Crippen LogP contribution in [-0.2, 0) is 4.74 Å². The highest BCUT2D eigenvalue weighted by Crippen LogP contribution is 2.35. The Balaban J connectivity index is 2.88. The van der Waals surface area contributed by atoms with Gasteiger partial charge in [-0.1, -0.05) is 13.8 Å². The zero-order chi connectivity index (χ0) is 11.8. The third-order valence-electron chi connectivity index (χ3n) is 3.01. The molecular weight excluding hydrogens is 203 g/mol. The van der Waals surface area contributed by atoms with Crippen LogP contribution in [0.3, 0.4) is 0 Å². The Morgan fingerprint density at radius 1 is 1.40 bits per heavy atom. The van der Waals surface area contributed by atoms with Crippen molar-refractivity contribution in [3.63, 3.8) is 0 Å². The number of aliphatic hydroxyl groups excluding tert-OH is 3. The highest BCUT2D eigenvalue weighted by atomic mass is 19.1. The maximum atomic E-state index is 13.9. The molecule has 1 aliphatic rings. The van der Waals surface area contributed by atoms with Crippen LogP contribution in [0.15, 0.2) is 0 Å². The molecule has 15 heavy (non-hydrogen) atoms. The maximum Gasteiger partial charge on any atom is 0.164 e. The lowest BCUT2D eigenvalue weighted by Gasteiger charge is -2.46. The number of rotatable bonds is 2. The first-order chi connectivity index (χ1) is 6.82. The minimum Gasteiger partial charge on any atom is -0.394 e. The molecule has 0 aromatic heterocycles. The third-order valence-corrected chi connectivity index (χ3v) is 3.01. The van der Waals surface area contributed by atoms with E-state index in [2.05, 4.69) is 0 Å². The van der Waals surface area contributed by atoms with Gasteiger partial charge in [-0.25, -0.2) is 4.39 Å². The molecule has 0 radical (unpaired) electrons. The Hall–Kier alpha value is -0.230. The van der Waals surface area contributed by atoms with Gasteiger partial charge in [0.1, 0.15) is 18.3 Å². The Kier molecular flexibility index (Phi) is 3.71. The smallest absolute Gasteiger partial charge is 0.164 e. The summed E-state index contributed by atoms with van der Waals surface area (Å²) in [5, 5.41) is 28.2. The highest BCUT2D eigenvalue weighted by Gasteiger charge is 2.53. The predicted molar refractivity (Wildman–Crippen MR) is 52.1 cm³/mol. The Labute approximate surface area is 88.7 Å².